The number of aromatic nitrogens is 1. The molecule has 6 heteroatoms. The summed E-state index contributed by atoms with van der Waals surface area (Å²) >= 11 is 0. The third-order valence-electron chi connectivity index (χ3n) is 3.83. The van der Waals surface area contributed by atoms with Crippen molar-refractivity contribution in [2.45, 2.75) is 13.0 Å². The van der Waals surface area contributed by atoms with Gasteiger partial charge in [-0.15, -0.1) is 0 Å². The minimum Gasteiger partial charge on any atom is -0.497 e. The molecule has 5 nitrogen and oxygen atoms in total. The van der Waals surface area contributed by atoms with Crippen LogP contribution < -0.4 is 10.1 Å². The number of rotatable bonds is 5. The fourth-order valence-corrected chi connectivity index (χ4v) is 2.38. The van der Waals surface area contributed by atoms with Gasteiger partial charge in [0.15, 0.2) is 11.5 Å². The molecule has 0 fully saturated rings. The molecule has 1 amide bonds. The normalized spacial score (nSPS) is 11.8. The molecule has 1 N–H and O–H groups in total. The summed E-state index contributed by atoms with van der Waals surface area (Å²) in [6, 6.07) is 14.5. The zero-order chi connectivity index (χ0) is 17.8. The first-order chi connectivity index (χ1) is 12.1. The predicted octanol–water partition coefficient (Wildman–Crippen LogP) is 3.98. The number of ether oxygens (including phenoxy) is 1. The van der Waals surface area contributed by atoms with E-state index in [-0.39, 0.29) is 23.5 Å². The van der Waals surface area contributed by atoms with Gasteiger partial charge >= 0.3 is 0 Å². The molecule has 1 atom stereocenters. The Morgan fingerprint density at radius 2 is 1.84 bits per heavy atom. The van der Waals surface area contributed by atoms with Crippen molar-refractivity contribution in [3.05, 3.63) is 71.7 Å². The number of hydrogen-bond acceptors (Lipinski definition) is 4. The summed E-state index contributed by atoms with van der Waals surface area (Å²) in [7, 11) is 1.60. The van der Waals surface area contributed by atoms with Crippen molar-refractivity contribution in [2.75, 3.05) is 7.11 Å². The second kappa shape index (κ2) is 7.17. The lowest BCUT2D eigenvalue weighted by atomic mass is 10.1. The Morgan fingerprint density at radius 1 is 1.16 bits per heavy atom. The molecular weight excluding hydrogens is 323 g/mol. The van der Waals surface area contributed by atoms with E-state index in [1.165, 1.54) is 18.2 Å². The van der Waals surface area contributed by atoms with E-state index in [4.69, 9.17) is 9.26 Å². The Labute approximate surface area is 144 Å². The molecular formula is C19H17FN2O3. The van der Waals surface area contributed by atoms with Crippen LogP contribution in [-0.4, -0.2) is 18.2 Å². The van der Waals surface area contributed by atoms with E-state index in [1.54, 1.807) is 19.2 Å². The van der Waals surface area contributed by atoms with E-state index in [9.17, 15) is 9.18 Å². The third kappa shape index (κ3) is 3.85. The quantitative estimate of drug-likeness (QED) is 0.763. The fourth-order valence-electron chi connectivity index (χ4n) is 2.38. The van der Waals surface area contributed by atoms with Crippen molar-refractivity contribution in [1.82, 2.24) is 10.5 Å². The van der Waals surface area contributed by atoms with Crippen LogP contribution in [0.25, 0.3) is 11.3 Å². The van der Waals surface area contributed by atoms with Gasteiger partial charge in [0.05, 0.1) is 13.2 Å². The maximum absolute atomic E-state index is 13.0. The number of nitrogens with zero attached hydrogens (tertiary/aromatic N) is 1. The van der Waals surface area contributed by atoms with Crippen LogP contribution in [0.1, 0.15) is 29.0 Å². The van der Waals surface area contributed by atoms with Gasteiger partial charge in [-0.25, -0.2) is 4.39 Å². The molecule has 0 spiro atoms. The molecule has 0 aliphatic heterocycles. The van der Waals surface area contributed by atoms with Gasteiger partial charge in [-0.2, -0.15) is 0 Å². The van der Waals surface area contributed by atoms with E-state index in [0.29, 0.717) is 11.3 Å². The molecule has 0 bridgehead atoms. The lowest BCUT2D eigenvalue weighted by Gasteiger charge is -2.13. The first-order valence-corrected chi connectivity index (χ1v) is 7.74. The number of hydrogen-bond donors (Lipinski definition) is 1. The highest BCUT2D eigenvalue weighted by atomic mass is 19.1. The van der Waals surface area contributed by atoms with Crippen LogP contribution in [0, 0.1) is 5.82 Å². The highest BCUT2D eigenvalue weighted by Gasteiger charge is 2.16. The molecule has 1 aromatic heterocycles. The van der Waals surface area contributed by atoms with Crippen LogP contribution in [0.5, 0.6) is 5.75 Å². The van der Waals surface area contributed by atoms with Crippen molar-refractivity contribution in [3.8, 4) is 17.1 Å². The highest BCUT2D eigenvalue weighted by molar-refractivity contribution is 5.93. The molecule has 0 unspecified atom stereocenters. The van der Waals surface area contributed by atoms with Gasteiger partial charge in [0.25, 0.3) is 5.91 Å². The molecule has 128 valence electrons. The maximum Gasteiger partial charge on any atom is 0.273 e. The Bertz CT molecular complexity index is 857. The number of benzene rings is 2. The van der Waals surface area contributed by atoms with Crippen molar-refractivity contribution in [3.63, 3.8) is 0 Å². The van der Waals surface area contributed by atoms with Gasteiger partial charge in [-0.3, -0.25) is 4.79 Å². The average molecular weight is 340 g/mol. The van der Waals surface area contributed by atoms with Crippen molar-refractivity contribution in [1.29, 1.82) is 0 Å². The van der Waals surface area contributed by atoms with E-state index in [1.807, 2.05) is 31.2 Å². The summed E-state index contributed by atoms with van der Waals surface area (Å²) in [5.74, 6) is 0.472. The summed E-state index contributed by atoms with van der Waals surface area (Å²) in [5, 5.41) is 6.65. The van der Waals surface area contributed by atoms with Crippen LogP contribution in [0.3, 0.4) is 0 Å². The molecule has 1 heterocycles. The molecule has 25 heavy (non-hydrogen) atoms. The molecule has 0 saturated heterocycles. The number of methoxy groups -OCH3 is 1. The largest absolute Gasteiger partial charge is 0.497 e. The van der Waals surface area contributed by atoms with E-state index < -0.39 is 0 Å². The fraction of sp³-hybridized carbons (Fsp3) is 0.158. The maximum atomic E-state index is 13.0. The predicted molar refractivity (Wildman–Crippen MR) is 90.8 cm³/mol. The van der Waals surface area contributed by atoms with E-state index in [0.717, 1.165) is 11.3 Å². The Morgan fingerprint density at radius 3 is 2.48 bits per heavy atom. The van der Waals surface area contributed by atoms with Crippen LogP contribution in [0.4, 0.5) is 4.39 Å². The van der Waals surface area contributed by atoms with Crippen LogP contribution in [0.15, 0.2) is 59.1 Å². The van der Waals surface area contributed by atoms with Gasteiger partial charge in [-0.05, 0) is 48.9 Å². The minimum atomic E-state index is -0.347. The minimum absolute atomic E-state index is 0.166. The smallest absolute Gasteiger partial charge is 0.273 e. The zero-order valence-electron chi connectivity index (χ0n) is 13.8. The SMILES string of the molecule is COc1ccc([C@H](C)NC(=O)c2cc(-c3ccc(F)cc3)on2)cc1. The number of carbonyl (C=O) groups excluding carboxylic acids is 1. The molecule has 3 rings (SSSR count). The van der Waals surface area contributed by atoms with Crippen LogP contribution in [0.2, 0.25) is 0 Å². The van der Waals surface area contributed by atoms with Gasteiger partial charge in [0.2, 0.25) is 0 Å². The van der Waals surface area contributed by atoms with Crippen molar-refractivity contribution >= 4 is 5.91 Å². The summed E-state index contributed by atoms with van der Waals surface area (Å²) in [4.78, 5) is 12.3. The number of amides is 1. The Hall–Kier alpha value is -3.15. The van der Waals surface area contributed by atoms with Crippen LogP contribution in [-0.2, 0) is 0 Å². The van der Waals surface area contributed by atoms with Gasteiger partial charge < -0.3 is 14.6 Å². The molecule has 0 radical (unpaired) electrons. The molecule has 3 aromatic rings. The standard InChI is InChI=1S/C19H17FN2O3/c1-12(13-5-9-16(24-2)10-6-13)21-19(23)17-11-18(25-22-17)14-3-7-15(20)8-4-14/h3-12H,1-2H3,(H,21,23)/t12-/m0/s1. The molecule has 0 aliphatic carbocycles. The lowest BCUT2D eigenvalue weighted by molar-refractivity contribution is 0.0931. The van der Waals surface area contributed by atoms with Gasteiger partial charge in [-0.1, -0.05) is 17.3 Å². The zero-order valence-corrected chi connectivity index (χ0v) is 13.8. The van der Waals surface area contributed by atoms with Crippen molar-refractivity contribution in [2.24, 2.45) is 0 Å². The number of carbonyl (C=O) groups is 1. The first-order valence-electron chi connectivity index (χ1n) is 7.74. The molecule has 0 saturated carbocycles. The van der Waals surface area contributed by atoms with Crippen molar-refractivity contribution < 1.29 is 18.4 Å². The summed E-state index contributed by atoms with van der Waals surface area (Å²) in [5.41, 5.74) is 1.76. The Kier molecular flexibility index (Phi) is 4.79. The summed E-state index contributed by atoms with van der Waals surface area (Å²) < 4.78 is 23.3. The van der Waals surface area contributed by atoms with Crippen LogP contribution >= 0.6 is 0 Å². The topological polar surface area (TPSA) is 64.4 Å². The molecule has 0 aliphatic rings. The van der Waals surface area contributed by atoms with E-state index >= 15 is 0 Å². The first kappa shape index (κ1) is 16.7. The Balaban J connectivity index is 1.69. The van der Waals surface area contributed by atoms with Gasteiger partial charge in [0.1, 0.15) is 11.6 Å². The lowest BCUT2D eigenvalue weighted by Crippen LogP contribution is -2.26. The average Bonchev–Trinajstić information content (AvgIpc) is 3.12. The molecule has 2 aromatic carbocycles. The van der Waals surface area contributed by atoms with E-state index in [2.05, 4.69) is 10.5 Å². The van der Waals surface area contributed by atoms with Gasteiger partial charge in [0, 0.05) is 11.6 Å². The highest BCUT2D eigenvalue weighted by Crippen LogP contribution is 2.21. The summed E-state index contributed by atoms with van der Waals surface area (Å²) in [6.45, 7) is 1.88. The third-order valence-corrected chi connectivity index (χ3v) is 3.83. The summed E-state index contributed by atoms with van der Waals surface area (Å²) in [6.07, 6.45) is 0. The second-order valence-electron chi connectivity index (χ2n) is 5.55. The monoisotopic (exact) mass is 340 g/mol. The second-order valence-corrected chi connectivity index (χ2v) is 5.55. The number of nitrogens with one attached hydrogen (secondary N) is 1. The number of halogens is 1.